The zero-order valence-electron chi connectivity index (χ0n) is 8.49. The fourth-order valence-electron chi connectivity index (χ4n) is 1.87. The number of carboxylic acid groups (broad SMARTS) is 1. The molecular weight excluding hydrogens is 194 g/mol. The fourth-order valence-corrected chi connectivity index (χ4v) is 1.87. The Morgan fingerprint density at radius 1 is 1.60 bits per heavy atom. The summed E-state index contributed by atoms with van der Waals surface area (Å²) in [5.41, 5.74) is 1.90. The molecule has 4 heteroatoms. The third-order valence-corrected chi connectivity index (χ3v) is 2.69. The summed E-state index contributed by atoms with van der Waals surface area (Å²) in [5, 5.41) is 12.2. The second-order valence-corrected chi connectivity index (χ2v) is 3.59. The van der Waals surface area contributed by atoms with Crippen LogP contribution in [0.5, 0.6) is 5.75 Å². The van der Waals surface area contributed by atoms with Crippen molar-refractivity contribution in [3.8, 4) is 5.75 Å². The number of rotatable bonds is 2. The van der Waals surface area contributed by atoms with Gasteiger partial charge in [0.2, 0.25) is 0 Å². The van der Waals surface area contributed by atoms with Crippen molar-refractivity contribution in [2.24, 2.45) is 0 Å². The number of ether oxygens (including phenoxy) is 1. The van der Waals surface area contributed by atoms with E-state index >= 15 is 0 Å². The minimum Gasteiger partial charge on any atom is -0.497 e. The Morgan fingerprint density at radius 2 is 2.40 bits per heavy atom. The summed E-state index contributed by atoms with van der Waals surface area (Å²) >= 11 is 0. The molecule has 0 saturated heterocycles. The van der Waals surface area contributed by atoms with Crippen LogP contribution < -0.4 is 10.1 Å². The van der Waals surface area contributed by atoms with Crippen LogP contribution in [-0.2, 0) is 11.3 Å². The summed E-state index contributed by atoms with van der Waals surface area (Å²) in [5.74, 6) is -0.553. The molecule has 1 aliphatic heterocycles. The Labute approximate surface area is 87.9 Å². The van der Waals surface area contributed by atoms with E-state index in [0.29, 0.717) is 12.3 Å². The zero-order valence-corrected chi connectivity index (χ0v) is 8.49. The summed E-state index contributed by atoms with van der Waals surface area (Å²) < 4.78 is 5.09. The van der Waals surface area contributed by atoms with Crippen molar-refractivity contribution in [2.75, 3.05) is 13.7 Å². The van der Waals surface area contributed by atoms with Gasteiger partial charge < -0.3 is 15.2 Å². The lowest BCUT2D eigenvalue weighted by Crippen LogP contribution is -2.32. The van der Waals surface area contributed by atoms with Crippen molar-refractivity contribution in [1.82, 2.24) is 5.32 Å². The van der Waals surface area contributed by atoms with Gasteiger partial charge >= 0.3 is 5.97 Å². The molecule has 0 aromatic heterocycles. The SMILES string of the molecule is COc1ccc2c(c1)[C@H](C(=O)O)CNC2. The van der Waals surface area contributed by atoms with Gasteiger partial charge in [-0.05, 0) is 23.3 Å². The zero-order chi connectivity index (χ0) is 10.8. The van der Waals surface area contributed by atoms with E-state index in [1.807, 2.05) is 18.2 Å². The third kappa shape index (κ3) is 1.80. The number of fused-ring (bicyclic) bond motifs is 1. The van der Waals surface area contributed by atoms with Crippen LogP contribution in [0.3, 0.4) is 0 Å². The largest absolute Gasteiger partial charge is 0.497 e. The Balaban J connectivity index is 2.43. The van der Waals surface area contributed by atoms with Gasteiger partial charge in [0, 0.05) is 13.1 Å². The molecule has 0 saturated carbocycles. The van der Waals surface area contributed by atoms with Crippen molar-refractivity contribution in [1.29, 1.82) is 0 Å². The van der Waals surface area contributed by atoms with Gasteiger partial charge in [-0.3, -0.25) is 4.79 Å². The average Bonchev–Trinajstić information content (AvgIpc) is 2.27. The monoisotopic (exact) mass is 207 g/mol. The van der Waals surface area contributed by atoms with Crippen LogP contribution >= 0.6 is 0 Å². The predicted molar refractivity (Wildman–Crippen MR) is 55.1 cm³/mol. The quantitative estimate of drug-likeness (QED) is 0.758. The first-order valence-corrected chi connectivity index (χ1v) is 4.82. The lowest BCUT2D eigenvalue weighted by Gasteiger charge is -2.23. The van der Waals surface area contributed by atoms with Crippen molar-refractivity contribution in [2.45, 2.75) is 12.5 Å². The van der Waals surface area contributed by atoms with Crippen LogP contribution in [0.2, 0.25) is 0 Å². The number of nitrogens with one attached hydrogen (secondary N) is 1. The standard InChI is InChI=1S/C11H13NO3/c1-15-8-3-2-7-5-12-6-10(11(13)14)9(7)4-8/h2-4,10,12H,5-6H2,1H3,(H,13,14)/t10-/m1/s1. The molecule has 1 aliphatic rings. The van der Waals surface area contributed by atoms with E-state index < -0.39 is 11.9 Å². The van der Waals surface area contributed by atoms with Crippen LogP contribution in [0.25, 0.3) is 0 Å². The van der Waals surface area contributed by atoms with Crippen LogP contribution in [0, 0.1) is 0 Å². The molecule has 0 unspecified atom stereocenters. The Bertz CT molecular complexity index is 389. The molecule has 0 radical (unpaired) electrons. The van der Waals surface area contributed by atoms with Crippen molar-refractivity contribution in [3.63, 3.8) is 0 Å². The number of methoxy groups -OCH3 is 1. The van der Waals surface area contributed by atoms with Crippen molar-refractivity contribution < 1.29 is 14.6 Å². The normalized spacial score (nSPS) is 19.4. The average molecular weight is 207 g/mol. The summed E-state index contributed by atoms with van der Waals surface area (Å²) in [6.07, 6.45) is 0. The summed E-state index contributed by atoms with van der Waals surface area (Å²) in [7, 11) is 1.58. The smallest absolute Gasteiger partial charge is 0.312 e. The molecule has 4 nitrogen and oxygen atoms in total. The van der Waals surface area contributed by atoms with Crippen LogP contribution in [0.15, 0.2) is 18.2 Å². The Kier molecular flexibility index (Phi) is 2.60. The lowest BCUT2D eigenvalue weighted by molar-refractivity contribution is -0.138. The second-order valence-electron chi connectivity index (χ2n) is 3.59. The van der Waals surface area contributed by atoms with Gasteiger partial charge in [0.05, 0.1) is 13.0 Å². The van der Waals surface area contributed by atoms with Crippen LogP contribution in [-0.4, -0.2) is 24.7 Å². The van der Waals surface area contributed by atoms with Crippen LogP contribution in [0.1, 0.15) is 17.0 Å². The molecule has 1 aromatic rings. The molecule has 80 valence electrons. The first-order valence-electron chi connectivity index (χ1n) is 4.82. The molecule has 0 bridgehead atoms. The molecule has 2 rings (SSSR count). The van der Waals surface area contributed by atoms with Gasteiger partial charge in [-0.15, -0.1) is 0 Å². The van der Waals surface area contributed by atoms with E-state index in [1.165, 1.54) is 0 Å². The van der Waals surface area contributed by atoms with Gasteiger partial charge in [-0.1, -0.05) is 6.07 Å². The minimum absolute atomic E-state index is 0.469. The lowest BCUT2D eigenvalue weighted by atomic mass is 9.91. The third-order valence-electron chi connectivity index (χ3n) is 2.69. The number of hydrogen-bond acceptors (Lipinski definition) is 3. The molecule has 15 heavy (non-hydrogen) atoms. The van der Waals surface area contributed by atoms with Crippen molar-refractivity contribution >= 4 is 5.97 Å². The van der Waals surface area contributed by atoms with Gasteiger partial charge in [-0.25, -0.2) is 0 Å². The van der Waals surface area contributed by atoms with E-state index in [-0.39, 0.29) is 0 Å². The second kappa shape index (κ2) is 3.90. The highest BCUT2D eigenvalue weighted by Crippen LogP contribution is 2.27. The summed E-state index contributed by atoms with van der Waals surface area (Å²) in [6.45, 7) is 1.21. The predicted octanol–water partition coefficient (Wildman–Crippen LogP) is 0.967. The van der Waals surface area contributed by atoms with E-state index in [2.05, 4.69) is 5.32 Å². The topological polar surface area (TPSA) is 58.6 Å². The molecule has 2 N–H and O–H groups in total. The fraction of sp³-hybridized carbons (Fsp3) is 0.364. The highest BCUT2D eigenvalue weighted by molar-refractivity contribution is 5.77. The van der Waals surface area contributed by atoms with E-state index in [1.54, 1.807) is 7.11 Å². The van der Waals surface area contributed by atoms with E-state index in [0.717, 1.165) is 17.7 Å². The molecule has 1 atom stereocenters. The number of aliphatic carboxylic acids is 1. The van der Waals surface area contributed by atoms with Gasteiger partial charge in [0.25, 0.3) is 0 Å². The summed E-state index contributed by atoms with van der Waals surface area (Å²) in [6, 6.07) is 5.58. The molecule has 0 spiro atoms. The number of carboxylic acids is 1. The van der Waals surface area contributed by atoms with Crippen molar-refractivity contribution in [3.05, 3.63) is 29.3 Å². The van der Waals surface area contributed by atoms with Gasteiger partial charge in [0.15, 0.2) is 0 Å². The van der Waals surface area contributed by atoms with E-state index in [9.17, 15) is 4.79 Å². The Hall–Kier alpha value is -1.55. The number of carbonyl (C=O) groups is 1. The highest BCUT2D eigenvalue weighted by Gasteiger charge is 2.26. The highest BCUT2D eigenvalue weighted by atomic mass is 16.5. The maximum absolute atomic E-state index is 11.0. The van der Waals surface area contributed by atoms with Gasteiger partial charge in [0.1, 0.15) is 5.75 Å². The molecule has 1 aromatic carbocycles. The Morgan fingerprint density at radius 3 is 3.07 bits per heavy atom. The maximum atomic E-state index is 11.0. The molecule has 0 aliphatic carbocycles. The minimum atomic E-state index is -0.795. The number of benzene rings is 1. The first-order chi connectivity index (χ1) is 7.22. The molecule has 0 fully saturated rings. The van der Waals surface area contributed by atoms with Gasteiger partial charge in [-0.2, -0.15) is 0 Å². The maximum Gasteiger partial charge on any atom is 0.312 e. The van der Waals surface area contributed by atoms with E-state index in [4.69, 9.17) is 9.84 Å². The summed E-state index contributed by atoms with van der Waals surface area (Å²) in [4.78, 5) is 11.0. The number of hydrogen-bond donors (Lipinski definition) is 2. The molecule has 0 amide bonds. The first kappa shape index (κ1) is 9.98. The molecule has 1 heterocycles. The molecular formula is C11H13NO3. The van der Waals surface area contributed by atoms with Crippen LogP contribution in [0.4, 0.5) is 0 Å².